The Morgan fingerprint density at radius 2 is 2.15 bits per heavy atom. The van der Waals surface area contributed by atoms with Crippen LogP contribution in [-0.2, 0) is 0 Å². The molecule has 3 unspecified atom stereocenters. The molecule has 2 heteroatoms. The first-order valence-electron chi connectivity index (χ1n) is 5.51. The van der Waals surface area contributed by atoms with Crippen molar-refractivity contribution in [1.29, 1.82) is 0 Å². The summed E-state index contributed by atoms with van der Waals surface area (Å²) >= 11 is 3.75. The molecule has 1 fully saturated rings. The fraction of sp³-hybridized carbons (Fsp3) is 1.00. The Morgan fingerprint density at radius 3 is 2.69 bits per heavy atom. The van der Waals surface area contributed by atoms with Crippen LogP contribution in [0, 0.1) is 5.92 Å². The fourth-order valence-electron chi connectivity index (χ4n) is 2.28. The van der Waals surface area contributed by atoms with E-state index in [1.807, 2.05) is 0 Å². The average Bonchev–Trinajstić information content (AvgIpc) is 2.03. The van der Waals surface area contributed by atoms with Gasteiger partial charge in [-0.2, -0.15) is 0 Å². The fourth-order valence-corrected chi connectivity index (χ4v) is 3.29. The molecule has 0 bridgehead atoms. The van der Waals surface area contributed by atoms with Crippen molar-refractivity contribution in [3.05, 3.63) is 0 Å². The summed E-state index contributed by atoms with van der Waals surface area (Å²) in [7, 11) is 0. The Bertz CT molecular complexity index is 139. The van der Waals surface area contributed by atoms with E-state index in [-0.39, 0.29) is 0 Å². The van der Waals surface area contributed by atoms with Gasteiger partial charge in [-0.25, -0.2) is 0 Å². The molecule has 1 nitrogen and oxygen atoms in total. The predicted octanol–water partition coefficient (Wildman–Crippen LogP) is 3.28. The quantitative estimate of drug-likeness (QED) is 0.693. The molecule has 1 saturated heterocycles. The summed E-state index contributed by atoms with van der Waals surface area (Å²) in [5.74, 6) is 0.859. The monoisotopic (exact) mass is 247 g/mol. The Kier molecular flexibility index (Phi) is 4.74. The third-order valence-corrected chi connectivity index (χ3v) is 3.63. The molecule has 1 aliphatic rings. The van der Waals surface area contributed by atoms with E-state index >= 15 is 0 Å². The molecule has 78 valence electrons. The lowest BCUT2D eigenvalue weighted by Crippen LogP contribution is -2.44. The van der Waals surface area contributed by atoms with Crippen molar-refractivity contribution in [3.63, 3.8) is 0 Å². The molecule has 0 aliphatic carbocycles. The van der Waals surface area contributed by atoms with Crippen LogP contribution in [0.15, 0.2) is 0 Å². The maximum Gasteiger partial charge on any atom is 0.0276 e. The van der Waals surface area contributed by atoms with Crippen LogP contribution < -0.4 is 0 Å². The summed E-state index contributed by atoms with van der Waals surface area (Å²) in [6.45, 7) is 9.53. The topological polar surface area (TPSA) is 3.24 Å². The molecule has 0 radical (unpaired) electrons. The van der Waals surface area contributed by atoms with E-state index in [2.05, 4.69) is 41.6 Å². The number of rotatable bonds is 3. The van der Waals surface area contributed by atoms with Gasteiger partial charge in [-0.15, -0.1) is 0 Å². The Balaban J connectivity index is 2.40. The van der Waals surface area contributed by atoms with Crippen molar-refractivity contribution in [2.24, 2.45) is 5.92 Å². The van der Waals surface area contributed by atoms with Gasteiger partial charge in [0.15, 0.2) is 0 Å². The van der Waals surface area contributed by atoms with E-state index < -0.39 is 0 Å². The van der Waals surface area contributed by atoms with Crippen LogP contribution in [0.3, 0.4) is 0 Å². The largest absolute Gasteiger partial charge is 0.299 e. The average molecular weight is 248 g/mol. The third kappa shape index (κ3) is 3.59. The number of hydrogen-bond acceptors (Lipinski definition) is 1. The second-order valence-corrected chi connectivity index (χ2v) is 5.82. The van der Waals surface area contributed by atoms with Crippen molar-refractivity contribution in [1.82, 2.24) is 4.90 Å². The minimum absolute atomic E-state index is 0.718. The van der Waals surface area contributed by atoms with Crippen LogP contribution >= 0.6 is 15.9 Å². The number of nitrogens with zero attached hydrogens (tertiary/aromatic N) is 1. The second kappa shape index (κ2) is 5.35. The smallest absolute Gasteiger partial charge is 0.0276 e. The number of likely N-dealkylation sites (tertiary alicyclic amines) is 1. The van der Waals surface area contributed by atoms with Crippen molar-refractivity contribution in [3.8, 4) is 0 Å². The van der Waals surface area contributed by atoms with Gasteiger partial charge in [0.05, 0.1) is 0 Å². The first-order valence-corrected chi connectivity index (χ1v) is 6.43. The zero-order valence-electron chi connectivity index (χ0n) is 9.09. The molecule has 0 aromatic carbocycles. The molecule has 0 spiro atoms. The maximum absolute atomic E-state index is 3.75. The standard InChI is InChI=1S/C11H22BrN/c1-4-5-10(3)13-7-9(2)6-11(12)8-13/h9-11H,4-8H2,1-3H3. The molecular formula is C11H22BrN. The molecule has 1 rings (SSSR count). The maximum atomic E-state index is 3.75. The number of piperidine rings is 1. The van der Waals surface area contributed by atoms with Crippen molar-refractivity contribution >= 4 is 15.9 Å². The van der Waals surface area contributed by atoms with Crippen molar-refractivity contribution in [2.45, 2.75) is 50.9 Å². The lowest BCUT2D eigenvalue weighted by atomic mass is 9.98. The third-order valence-electron chi connectivity index (χ3n) is 2.97. The van der Waals surface area contributed by atoms with Gasteiger partial charge in [0, 0.05) is 24.0 Å². The molecule has 0 aromatic rings. The second-order valence-electron chi connectivity index (χ2n) is 4.53. The lowest BCUT2D eigenvalue weighted by molar-refractivity contribution is 0.138. The van der Waals surface area contributed by atoms with Gasteiger partial charge in [0.2, 0.25) is 0 Å². The van der Waals surface area contributed by atoms with E-state index in [4.69, 9.17) is 0 Å². The molecule has 0 N–H and O–H groups in total. The minimum Gasteiger partial charge on any atom is -0.299 e. The van der Waals surface area contributed by atoms with Gasteiger partial charge in [0.1, 0.15) is 0 Å². The van der Waals surface area contributed by atoms with E-state index in [0.717, 1.165) is 16.8 Å². The van der Waals surface area contributed by atoms with Crippen LogP contribution in [0.25, 0.3) is 0 Å². The Morgan fingerprint density at radius 1 is 1.46 bits per heavy atom. The minimum atomic E-state index is 0.718. The zero-order chi connectivity index (χ0) is 9.84. The summed E-state index contributed by atoms with van der Waals surface area (Å²) < 4.78 is 0. The van der Waals surface area contributed by atoms with Crippen LogP contribution in [0.1, 0.15) is 40.0 Å². The highest BCUT2D eigenvalue weighted by Gasteiger charge is 2.25. The van der Waals surface area contributed by atoms with Crippen LogP contribution in [0.2, 0.25) is 0 Å². The van der Waals surface area contributed by atoms with E-state index in [1.165, 1.54) is 32.4 Å². The van der Waals surface area contributed by atoms with E-state index in [1.54, 1.807) is 0 Å². The Labute approximate surface area is 91.0 Å². The molecule has 0 aromatic heterocycles. The van der Waals surface area contributed by atoms with Gasteiger partial charge in [-0.1, -0.05) is 36.2 Å². The summed E-state index contributed by atoms with van der Waals surface area (Å²) in [6, 6.07) is 0.771. The first-order chi connectivity index (χ1) is 6.13. The normalized spacial score (nSPS) is 33.2. The zero-order valence-corrected chi connectivity index (χ0v) is 10.7. The van der Waals surface area contributed by atoms with Crippen LogP contribution in [-0.4, -0.2) is 28.9 Å². The van der Waals surface area contributed by atoms with Crippen LogP contribution in [0.4, 0.5) is 0 Å². The SMILES string of the molecule is CCCC(C)N1CC(C)CC(Br)C1. The molecule has 1 heterocycles. The summed E-state index contributed by atoms with van der Waals surface area (Å²) in [4.78, 5) is 3.35. The van der Waals surface area contributed by atoms with Crippen molar-refractivity contribution < 1.29 is 0 Å². The lowest BCUT2D eigenvalue weighted by Gasteiger charge is -2.38. The summed E-state index contributed by atoms with van der Waals surface area (Å²) in [5.41, 5.74) is 0. The summed E-state index contributed by atoms with van der Waals surface area (Å²) in [6.07, 6.45) is 3.99. The molecule has 1 aliphatic heterocycles. The molecule has 3 atom stereocenters. The molecular weight excluding hydrogens is 226 g/mol. The van der Waals surface area contributed by atoms with Gasteiger partial charge in [-0.3, -0.25) is 4.90 Å². The van der Waals surface area contributed by atoms with Gasteiger partial charge in [-0.05, 0) is 25.7 Å². The highest BCUT2D eigenvalue weighted by Crippen LogP contribution is 2.24. The number of halogens is 1. The highest BCUT2D eigenvalue weighted by molar-refractivity contribution is 9.09. The van der Waals surface area contributed by atoms with E-state index in [9.17, 15) is 0 Å². The van der Waals surface area contributed by atoms with Gasteiger partial charge < -0.3 is 0 Å². The predicted molar refractivity (Wildman–Crippen MR) is 62.4 cm³/mol. The summed E-state index contributed by atoms with van der Waals surface area (Å²) in [5, 5.41) is 0. The molecule has 13 heavy (non-hydrogen) atoms. The number of alkyl halides is 1. The first kappa shape index (κ1) is 11.5. The molecule has 0 saturated carbocycles. The number of hydrogen-bond donors (Lipinski definition) is 0. The van der Waals surface area contributed by atoms with Gasteiger partial charge >= 0.3 is 0 Å². The van der Waals surface area contributed by atoms with E-state index in [0.29, 0.717) is 0 Å². The molecule has 0 amide bonds. The van der Waals surface area contributed by atoms with Gasteiger partial charge in [0.25, 0.3) is 0 Å². The van der Waals surface area contributed by atoms with Crippen LogP contribution in [0.5, 0.6) is 0 Å². The van der Waals surface area contributed by atoms with Crippen molar-refractivity contribution in [2.75, 3.05) is 13.1 Å². The Hall–Kier alpha value is 0.440. The highest BCUT2D eigenvalue weighted by atomic mass is 79.9.